The van der Waals surface area contributed by atoms with Crippen molar-refractivity contribution in [2.75, 3.05) is 0 Å². The smallest absolute Gasteiger partial charge is 0.242 e. The van der Waals surface area contributed by atoms with Crippen LogP contribution in [0.1, 0.15) is 58.1 Å². The summed E-state index contributed by atoms with van der Waals surface area (Å²) in [5.41, 5.74) is 2.23. The average Bonchev–Trinajstić information content (AvgIpc) is 2.53. The van der Waals surface area contributed by atoms with Gasteiger partial charge in [-0.05, 0) is 39.2 Å². The van der Waals surface area contributed by atoms with Crippen LogP contribution >= 0.6 is 0 Å². The number of hydrogen-bond donors (Lipinski definition) is 1. The maximum absolute atomic E-state index is 12.5. The van der Waals surface area contributed by atoms with Gasteiger partial charge >= 0.3 is 0 Å². The zero-order valence-electron chi connectivity index (χ0n) is 15.1. The molecule has 1 rings (SSSR count). The summed E-state index contributed by atoms with van der Waals surface area (Å²) in [6.45, 7) is 10.3. The van der Waals surface area contributed by atoms with Crippen molar-refractivity contribution in [2.45, 2.75) is 72.5 Å². The van der Waals surface area contributed by atoms with Gasteiger partial charge in [-0.25, -0.2) is 0 Å². The Bertz CT molecular complexity index is 511. The van der Waals surface area contributed by atoms with E-state index < -0.39 is 6.04 Å². The van der Waals surface area contributed by atoms with Gasteiger partial charge in [0.05, 0.1) is 0 Å². The van der Waals surface area contributed by atoms with Crippen LogP contribution in [-0.4, -0.2) is 28.8 Å². The third-order valence-corrected chi connectivity index (χ3v) is 4.11. The molecule has 4 nitrogen and oxygen atoms in total. The minimum atomic E-state index is -0.468. The number of aryl methyl sites for hydroxylation is 1. The van der Waals surface area contributed by atoms with E-state index in [1.807, 2.05) is 52.0 Å². The second-order valence-corrected chi connectivity index (χ2v) is 6.25. The van der Waals surface area contributed by atoms with Gasteiger partial charge in [-0.15, -0.1) is 0 Å². The van der Waals surface area contributed by atoms with Crippen molar-refractivity contribution >= 4 is 11.8 Å². The first kappa shape index (κ1) is 19.2. The summed E-state index contributed by atoms with van der Waals surface area (Å²) in [4.78, 5) is 26.5. The fourth-order valence-electron chi connectivity index (χ4n) is 2.30. The first-order valence-electron chi connectivity index (χ1n) is 8.54. The van der Waals surface area contributed by atoms with E-state index in [4.69, 9.17) is 0 Å². The predicted octanol–water partition coefficient (Wildman–Crippen LogP) is 3.43. The number of rotatable bonds is 8. The Kier molecular flexibility index (Phi) is 7.79. The first-order chi connectivity index (χ1) is 10.9. The van der Waals surface area contributed by atoms with Crippen LogP contribution in [0.4, 0.5) is 0 Å². The molecule has 0 aromatic heterocycles. The van der Waals surface area contributed by atoms with Crippen molar-refractivity contribution in [3.05, 3.63) is 35.4 Å². The summed E-state index contributed by atoms with van der Waals surface area (Å²) in [5, 5.41) is 2.97. The molecule has 1 N–H and O–H groups in total. The molecular formula is C19H30N2O2. The molecule has 0 saturated heterocycles. The molecule has 1 aromatic carbocycles. The number of amides is 2. The van der Waals surface area contributed by atoms with Crippen molar-refractivity contribution in [2.24, 2.45) is 0 Å². The monoisotopic (exact) mass is 318 g/mol. The molecule has 0 unspecified atom stereocenters. The van der Waals surface area contributed by atoms with Crippen molar-refractivity contribution in [3.63, 3.8) is 0 Å². The maximum Gasteiger partial charge on any atom is 0.242 e. The zero-order valence-corrected chi connectivity index (χ0v) is 15.1. The molecule has 23 heavy (non-hydrogen) atoms. The van der Waals surface area contributed by atoms with Crippen molar-refractivity contribution in [1.29, 1.82) is 0 Å². The largest absolute Gasteiger partial charge is 0.352 e. The lowest BCUT2D eigenvalue weighted by Crippen LogP contribution is -2.49. The van der Waals surface area contributed by atoms with E-state index in [1.54, 1.807) is 11.8 Å². The molecule has 0 heterocycles. The summed E-state index contributed by atoms with van der Waals surface area (Å²) in [6.07, 6.45) is 2.12. The molecule has 0 aliphatic heterocycles. The standard InChI is InChI=1S/C19H30N2O2/c1-6-8-18(22)21(13-17-11-9-14(3)10-12-17)16(5)19(23)20-15(4)7-2/h9-12,15-16H,6-8,13H2,1-5H3,(H,20,23)/t15-,16+/m1/s1. The maximum atomic E-state index is 12.5. The molecule has 0 radical (unpaired) electrons. The summed E-state index contributed by atoms with van der Waals surface area (Å²) in [5.74, 6) is -0.0595. The number of benzene rings is 1. The summed E-state index contributed by atoms with van der Waals surface area (Å²) in [7, 11) is 0. The quantitative estimate of drug-likeness (QED) is 0.798. The molecule has 2 amide bonds. The van der Waals surface area contributed by atoms with E-state index in [0.717, 1.165) is 18.4 Å². The molecule has 0 bridgehead atoms. The number of nitrogens with zero attached hydrogens (tertiary/aromatic N) is 1. The Labute approximate surface area is 140 Å². The minimum Gasteiger partial charge on any atom is -0.352 e. The Balaban J connectivity index is 2.88. The fourth-order valence-corrected chi connectivity index (χ4v) is 2.30. The van der Waals surface area contributed by atoms with Crippen molar-refractivity contribution < 1.29 is 9.59 Å². The summed E-state index contributed by atoms with van der Waals surface area (Å²) in [6, 6.07) is 7.74. The molecule has 0 saturated carbocycles. The lowest BCUT2D eigenvalue weighted by atomic mass is 10.1. The third-order valence-electron chi connectivity index (χ3n) is 4.11. The van der Waals surface area contributed by atoms with Gasteiger partial charge < -0.3 is 10.2 Å². The number of nitrogens with one attached hydrogen (secondary N) is 1. The highest BCUT2D eigenvalue weighted by molar-refractivity contribution is 5.87. The molecule has 0 fully saturated rings. The van der Waals surface area contributed by atoms with Gasteiger partial charge in [0.25, 0.3) is 0 Å². The highest BCUT2D eigenvalue weighted by atomic mass is 16.2. The van der Waals surface area contributed by atoms with E-state index in [-0.39, 0.29) is 17.9 Å². The van der Waals surface area contributed by atoms with Gasteiger partial charge in [-0.2, -0.15) is 0 Å². The Morgan fingerprint density at radius 2 is 1.74 bits per heavy atom. The van der Waals surface area contributed by atoms with Gasteiger partial charge in [-0.3, -0.25) is 9.59 Å². The highest BCUT2D eigenvalue weighted by Crippen LogP contribution is 2.13. The van der Waals surface area contributed by atoms with Gasteiger partial charge in [0.1, 0.15) is 6.04 Å². The van der Waals surface area contributed by atoms with Crippen LogP contribution in [0.15, 0.2) is 24.3 Å². The van der Waals surface area contributed by atoms with Crippen LogP contribution in [0.3, 0.4) is 0 Å². The molecule has 0 spiro atoms. The van der Waals surface area contributed by atoms with Crippen LogP contribution < -0.4 is 5.32 Å². The summed E-state index contributed by atoms with van der Waals surface area (Å²) >= 11 is 0. The van der Waals surface area contributed by atoms with E-state index in [1.165, 1.54) is 5.56 Å². The minimum absolute atomic E-state index is 0.0277. The molecule has 4 heteroatoms. The second-order valence-electron chi connectivity index (χ2n) is 6.25. The zero-order chi connectivity index (χ0) is 17.4. The van der Waals surface area contributed by atoms with Gasteiger partial charge in [-0.1, -0.05) is 43.7 Å². The molecule has 2 atom stereocenters. The van der Waals surface area contributed by atoms with Crippen LogP contribution in [0.25, 0.3) is 0 Å². The molecule has 128 valence electrons. The molecule has 0 aliphatic carbocycles. The van der Waals surface area contributed by atoms with E-state index in [9.17, 15) is 9.59 Å². The number of carbonyl (C=O) groups excluding carboxylic acids is 2. The van der Waals surface area contributed by atoms with Crippen LogP contribution in [0.5, 0.6) is 0 Å². The topological polar surface area (TPSA) is 49.4 Å². The van der Waals surface area contributed by atoms with Crippen LogP contribution in [-0.2, 0) is 16.1 Å². The number of hydrogen-bond acceptors (Lipinski definition) is 2. The van der Waals surface area contributed by atoms with Gasteiger partial charge in [0.2, 0.25) is 11.8 Å². The Hall–Kier alpha value is -1.84. The Morgan fingerprint density at radius 3 is 2.26 bits per heavy atom. The normalized spacial score (nSPS) is 13.3. The van der Waals surface area contributed by atoms with Crippen molar-refractivity contribution in [3.8, 4) is 0 Å². The first-order valence-corrected chi connectivity index (χ1v) is 8.54. The van der Waals surface area contributed by atoms with E-state index >= 15 is 0 Å². The van der Waals surface area contributed by atoms with Crippen LogP contribution in [0, 0.1) is 6.92 Å². The van der Waals surface area contributed by atoms with Crippen LogP contribution in [0.2, 0.25) is 0 Å². The lowest BCUT2D eigenvalue weighted by Gasteiger charge is -2.29. The molecule has 1 aromatic rings. The molecule has 0 aliphatic rings. The second kappa shape index (κ2) is 9.33. The lowest BCUT2D eigenvalue weighted by molar-refractivity contribution is -0.140. The average molecular weight is 318 g/mol. The van der Waals surface area contributed by atoms with E-state index in [0.29, 0.717) is 13.0 Å². The molecular weight excluding hydrogens is 288 g/mol. The summed E-state index contributed by atoms with van der Waals surface area (Å²) < 4.78 is 0. The fraction of sp³-hybridized carbons (Fsp3) is 0.579. The van der Waals surface area contributed by atoms with Gasteiger partial charge in [0.15, 0.2) is 0 Å². The van der Waals surface area contributed by atoms with E-state index in [2.05, 4.69) is 5.32 Å². The van der Waals surface area contributed by atoms with Gasteiger partial charge in [0, 0.05) is 19.0 Å². The number of carbonyl (C=O) groups is 2. The third kappa shape index (κ3) is 6.05. The SMILES string of the molecule is CCCC(=O)N(Cc1ccc(C)cc1)[C@@H](C)C(=O)N[C@H](C)CC. The van der Waals surface area contributed by atoms with Crippen molar-refractivity contribution in [1.82, 2.24) is 10.2 Å². The highest BCUT2D eigenvalue weighted by Gasteiger charge is 2.26. The Morgan fingerprint density at radius 1 is 1.13 bits per heavy atom. The predicted molar refractivity (Wildman–Crippen MR) is 94.0 cm³/mol.